The summed E-state index contributed by atoms with van der Waals surface area (Å²) in [7, 11) is 0. The van der Waals surface area contributed by atoms with Crippen molar-refractivity contribution in [2.75, 3.05) is 19.6 Å². The molecule has 2 saturated carbocycles. The fraction of sp³-hybridized carbons (Fsp3) is 0.542. The van der Waals surface area contributed by atoms with Gasteiger partial charge >= 0.3 is 11.9 Å². The average molecular weight is 445 g/mol. The number of carboxylic acids is 2. The lowest BCUT2D eigenvalue weighted by atomic mass is 9.73. The summed E-state index contributed by atoms with van der Waals surface area (Å²) in [5, 5.41) is 33.6. The number of carbonyl (C=O) groups is 3. The van der Waals surface area contributed by atoms with Crippen molar-refractivity contribution in [2.45, 2.75) is 37.7 Å². The summed E-state index contributed by atoms with van der Waals surface area (Å²) in [5.41, 5.74) is -0.642. The van der Waals surface area contributed by atoms with Crippen molar-refractivity contribution in [3.8, 4) is 0 Å². The lowest BCUT2D eigenvalue weighted by molar-refractivity contribution is -0.149. The Balaban J connectivity index is 0.000000312. The van der Waals surface area contributed by atoms with Gasteiger partial charge in [0.25, 0.3) is 5.91 Å². The first-order chi connectivity index (χ1) is 15.3. The highest BCUT2D eigenvalue weighted by atomic mass is 16.4. The summed E-state index contributed by atoms with van der Waals surface area (Å²) < 4.78 is 0. The topological polar surface area (TPSA) is 136 Å². The first-order valence-electron chi connectivity index (χ1n) is 11.2. The number of piperidine rings is 1. The van der Waals surface area contributed by atoms with Crippen LogP contribution in [0.5, 0.6) is 0 Å². The predicted molar refractivity (Wildman–Crippen MR) is 118 cm³/mol. The van der Waals surface area contributed by atoms with Crippen LogP contribution in [0.25, 0.3) is 0 Å². The fourth-order valence-electron chi connectivity index (χ4n) is 5.10. The number of aliphatic hydroxyl groups is 1. The Hall–Kier alpha value is -2.71. The molecule has 0 bridgehead atoms. The highest BCUT2D eigenvalue weighted by Crippen LogP contribution is 2.48. The summed E-state index contributed by atoms with van der Waals surface area (Å²) in [6.07, 6.45) is 6.39. The van der Waals surface area contributed by atoms with Gasteiger partial charge in [0, 0.05) is 24.6 Å². The Morgan fingerprint density at radius 2 is 1.53 bits per heavy atom. The molecule has 0 spiro atoms. The molecule has 0 aromatic heterocycles. The molecule has 32 heavy (non-hydrogen) atoms. The van der Waals surface area contributed by atoms with Crippen LogP contribution in [0.4, 0.5) is 0 Å². The number of benzene rings is 1. The molecule has 0 radical (unpaired) electrons. The van der Waals surface area contributed by atoms with Crippen LogP contribution in [0.1, 0.15) is 37.7 Å². The monoisotopic (exact) mass is 444 g/mol. The molecule has 4 atom stereocenters. The molecule has 2 aliphatic carbocycles. The molecule has 5 N–H and O–H groups in total. The second-order valence-electron chi connectivity index (χ2n) is 8.84. The Bertz CT molecular complexity index is 810. The van der Waals surface area contributed by atoms with Gasteiger partial charge in [-0.25, -0.2) is 9.59 Å². The van der Waals surface area contributed by atoms with Crippen molar-refractivity contribution >= 4 is 17.8 Å². The summed E-state index contributed by atoms with van der Waals surface area (Å²) in [6.45, 7) is 2.87. The normalized spacial score (nSPS) is 26.3. The molecule has 8 nitrogen and oxygen atoms in total. The third-order valence-electron chi connectivity index (χ3n) is 6.89. The van der Waals surface area contributed by atoms with E-state index in [4.69, 9.17) is 10.2 Å². The van der Waals surface area contributed by atoms with Gasteiger partial charge in [-0.2, -0.15) is 0 Å². The van der Waals surface area contributed by atoms with E-state index in [0.29, 0.717) is 24.6 Å². The lowest BCUT2D eigenvalue weighted by Crippen LogP contribution is -2.50. The van der Waals surface area contributed by atoms with E-state index in [0.717, 1.165) is 56.2 Å². The first-order valence-corrected chi connectivity index (χ1v) is 11.2. The SMILES string of the molecule is O=C(NCC1[C@H]2CNC[C@@H]12)C(O)(c1ccccc1)C1CCCCC1.O=C(O)/C=C\C(=O)O. The van der Waals surface area contributed by atoms with Crippen LogP contribution in [0.2, 0.25) is 0 Å². The van der Waals surface area contributed by atoms with Gasteiger partial charge in [-0.05, 0) is 49.2 Å². The lowest BCUT2D eigenvalue weighted by Gasteiger charge is -2.37. The van der Waals surface area contributed by atoms with E-state index >= 15 is 0 Å². The maximum absolute atomic E-state index is 13.0. The molecule has 3 aliphatic rings. The third kappa shape index (κ3) is 5.75. The minimum atomic E-state index is -1.38. The molecule has 1 aromatic carbocycles. The predicted octanol–water partition coefficient (Wildman–Crippen LogP) is 1.75. The maximum Gasteiger partial charge on any atom is 0.328 e. The second kappa shape index (κ2) is 10.7. The van der Waals surface area contributed by atoms with E-state index in [1.165, 1.54) is 6.42 Å². The van der Waals surface area contributed by atoms with Crippen molar-refractivity contribution in [2.24, 2.45) is 23.7 Å². The second-order valence-corrected chi connectivity index (χ2v) is 8.84. The van der Waals surface area contributed by atoms with E-state index in [2.05, 4.69) is 10.6 Å². The number of fused-ring (bicyclic) bond motifs is 1. The molecule has 174 valence electrons. The smallest absolute Gasteiger partial charge is 0.328 e. The van der Waals surface area contributed by atoms with Gasteiger partial charge in [0.05, 0.1) is 0 Å². The summed E-state index contributed by atoms with van der Waals surface area (Å²) in [4.78, 5) is 32.1. The molecule has 2 unspecified atom stereocenters. The molecule has 8 heteroatoms. The van der Waals surface area contributed by atoms with Crippen LogP contribution in [-0.4, -0.2) is 52.8 Å². The minimum Gasteiger partial charge on any atom is -0.478 e. The van der Waals surface area contributed by atoms with E-state index in [1.54, 1.807) is 0 Å². The quantitative estimate of drug-likeness (QED) is 0.404. The van der Waals surface area contributed by atoms with Crippen molar-refractivity contribution in [3.05, 3.63) is 48.0 Å². The number of nitrogens with one attached hydrogen (secondary N) is 2. The molecule has 1 amide bonds. The van der Waals surface area contributed by atoms with Crippen LogP contribution in [0.3, 0.4) is 0 Å². The van der Waals surface area contributed by atoms with Crippen LogP contribution in [-0.2, 0) is 20.0 Å². The van der Waals surface area contributed by atoms with Crippen molar-refractivity contribution in [1.29, 1.82) is 0 Å². The molecule has 3 fully saturated rings. The number of carbonyl (C=O) groups excluding carboxylic acids is 1. The number of carboxylic acid groups (broad SMARTS) is 2. The first kappa shape index (κ1) is 23.9. The summed E-state index contributed by atoms with van der Waals surface area (Å²) in [6, 6.07) is 9.54. The largest absolute Gasteiger partial charge is 0.478 e. The van der Waals surface area contributed by atoms with Gasteiger partial charge in [-0.1, -0.05) is 49.6 Å². The van der Waals surface area contributed by atoms with E-state index in [9.17, 15) is 19.5 Å². The zero-order chi connectivity index (χ0) is 23.1. The Morgan fingerprint density at radius 3 is 2.06 bits per heavy atom. The van der Waals surface area contributed by atoms with Gasteiger partial charge in [-0.15, -0.1) is 0 Å². The Morgan fingerprint density at radius 1 is 0.969 bits per heavy atom. The van der Waals surface area contributed by atoms with E-state index in [1.807, 2.05) is 30.3 Å². The van der Waals surface area contributed by atoms with Gasteiger partial charge in [0.1, 0.15) is 0 Å². The molecule has 1 saturated heterocycles. The zero-order valence-electron chi connectivity index (χ0n) is 18.1. The van der Waals surface area contributed by atoms with Crippen LogP contribution in [0.15, 0.2) is 42.5 Å². The highest BCUT2D eigenvalue weighted by molar-refractivity contribution is 5.89. The molecule has 4 rings (SSSR count). The van der Waals surface area contributed by atoms with E-state index < -0.39 is 17.5 Å². The zero-order valence-corrected chi connectivity index (χ0v) is 18.1. The van der Waals surface area contributed by atoms with Crippen molar-refractivity contribution in [1.82, 2.24) is 10.6 Å². The molecule has 1 heterocycles. The van der Waals surface area contributed by atoms with Crippen LogP contribution in [0, 0.1) is 23.7 Å². The molecule has 1 aromatic rings. The maximum atomic E-state index is 13.0. The number of aliphatic carboxylic acids is 2. The van der Waals surface area contributed by atoms with Crippen molar-refractivity contribution in [3.63, 3.8) is 0 Å². The highest BCUT2D eigenvalue weighted by Gasteiger charge is 2.53. The average Bonchev–Trinajstić information content (AvgIpc) is 3.22. The number of hydrogen-bond acceptors (Lipinski definition) is 5. The molecular formula is C24H32N2O6. The van der Waals surface area contributed by atoms with Gasteiger partial charge < -0.3 is 26.0 Å². The molecule has 1 aliphatic heterocycles. The van der Waals surface area contributed by atoms with Gasteiger partial charge in [-0.3, -0.25) is 4.79 Å². The Labute approximate surface area is 187 Å². The standard InChI is InChI=1S/C20H28N2O2.C4H4O4/c23-19(22-13-18-16-11-21-12-17(16)18)20(24,14-7-3-1-4-8-14)15-9-5-2-6-10-15;5-3(6)1-2-4(7)8/h1,3-4,7-8,15-18,21,24H,2,5-6,9-13H2,(H,22,23);1-2H,(H,5,6)(H,7,8)/b;2-1-/t16-,17+,18?,20?;. The fourth-order valence-corrected chi connectivity index (χ4v) is 5.10. The van der Waals surface area contributed by atoms with E-state index in [-0.39, 0.29) is 11.8 Å². The van der Waals surface area contributed by atoms with Crippen LogP contribution >= 0.6 is 0 Å². The molecular weight excluding hydrogens is 412 g/mol. The summed E-state index contributed by atoms with van der Waals surface area (Å²) in [5.74, 6) is -0.636. The Kier molecular flexibility index (Phi) is 8.04. The van der Waals surface area contributed by atoms with Gasteiger partial charge in [0.2, 0.25) is 0 Å². The van der Waals surface area contributed by atoms with Crippen LogP contribution < -0.4 is 10.6 Å². The number of hydrogen-bond donors (Lipinski definition) is 5. The van der Waals surface area contributed by atoms with Crippen molar-refractivity contribution < 1.29 is 29.7 Å². The number of amides is 1. The van der Waals surface area contributed by atoms with Gasteiger partial charge in [0.15, 0.2) is 5.60 Å². The minimum absolute atomic E-state index is 0.0222. The number of rotatable bonds is 7. The third-order valence-corrected chi connectivity index (χ3v) is 6.89. The summed E-state index contributed by atoms with van der Waals surface area (Å²) >= 11 is 0.